The molecule has 182 valence electrons. The molecule has 0 aliphatic rings. The molecule has 2 aromatic heterocycles. The number of anilines is 1. The third kappa shape index (κ3) is 6.59. The van der Waals surface area contributed by atoms with Crippen molar-refractivity contribution in [3.05, 3.63) is 72.6 Å². The van der Waals surface area contributed by atoms with Crippen LogP contribution in [-0.4, -0.2) is 34.1 Å². The van der Waals surface area contributed by atoms with Crippen molar-refractivity contribution in [2.45, 2.75) is 45.6 Å². The highest BCUT2D eigenvalue weighted by Crippen LogP contribution is 2.29. The first-order valence-electron chi connectivity index (χ1n) is 12.2. The normalized spacial score (nSPS) is 11.8. The van der Waals surface area contributed by atoms with Crippen LogP contribution in [0.1, 0.15) is 51.1 Å². The van der Waals surface area contributed by atoms with E-state index < -0.39 is 0 Å². The fourth-order valence-corrected chi connectivity index (χ4v) is 3.94. The average Bonchev–Trinajstić information content (AvgIpc) is 3.33. The monoisotopic (exact) mass is 472 g/mol. The van der Waals surface area contributed by atoms with Gasteiger partial charge in [0, 0.05) is 18.2 Å². The van der Waals surface area contributed by atoms with Crippen molar-refractivity contribution in [2.75, 3.05) is 18.5 Å². The summed E-state index contributed by atoms with van der Waals surface area (Å²) in [4.78, 5) is 23.7. The van der Waals surface area contributed by atoms with Crippen LogP contribution in [0.4, 0.5) is 5.82 Å². The Hall–Kier alpha value is -3.87. The number of rotatable bonds is 12. The Labute approximate surface area is 205 Å². The van der Waals surface area contributed by atoms with Gasteiger partial charge < -0.3 is 19.8 Å². The molecule has 0 bridgehead atoms. The van der Waals surface area contributed by atoms with Gasteiger partial charge in [-0.1, -0.05) is 30.3 Å². The number of nitrogens with zero attached hydrogens (tertiary/aromatic N) is 2. The molecule has 0 saturated heterocycles. The van der Waals surface area contributed by atoms with E-state index in [-0.39, 0.29) is 12.0 Å². The molecule has 2 aromatic carbocycles. The molecule has 0 fully saturated rings. The van der Waals surface area contributed by atoms with E-state index in [1.807, 2.05) is 49.4 Å². The van der Waals surface area contributed by atoms with Gasteiger partial charge in [-0.25, -0.2) is 9.97 Å². The smallest absolute Gasteiger partial charge is 0.305 e. The topological polar surface area (TPSA) is 89.1 Å². The Bertz CT molecular complexity index is 1220. The molecule has 4 aromatic rings. The largest absolute Gasteiger partial charge is 0.494 e. The molecule has 0 aliphatic carbocycles. The van der Waals surface area contributed by atoms with Crippen LogP contribution in [0.3, 0.4) is 0 Å². The molecule has 0 amide bonds. The Morgan fingerprint density at radius 2 is 1.83 bits per heavy atom. The second kappa shape index (κ2) is 12.0. The molecule has 4 rings (SSSR count). The predicted molar refractivity (Wildman–Crippen MR) is 138 cm³/mol. The second-order valence-corrected chi connectivity index (χ2v) is 8.43. The zero-order valence-corrected chi connectivity index (χ0v) is 20.3. The van der Waals surface area contributed by atoms with Crippen LogP contribution in [-0.2, 0) is 9.53 Å². The first-order chi connectivity index (χ1) is 17.1. The van der Waals surface area contributed by atoms with E-state index >= 15 is 0 Å². The number of aromatic amines is 1. The number of carbonyl (C=O) groups excluding carboxylic acids is 1. The lowest BCUT2D eigenvalue weighted by molar-refractivity contribution is -0.143. The number of aromatic nitrogens is 3. The van der Waals surface area contributed by atoms with E-state index in [1.54, 1.807) is 6.33 Å². The lowest BCUT2D eigenvalue weighted by Crippen LogP contribution is -2.08. The fraction of sp³-hybridized carbons (Fsp3) is 0.321. The quantitative estimate of drug-likeness (QED) is 0.186. The molecule has 0 saturated carbocycles. The highest BCUT2D eigenvalue weighted by molar-refractivity contribution is 5.91. The van der Waals surface area contributed by atoms with E-state index in [1.165, 1.54) is 5.56 Å². The number of esters is 1. The van der Waals surface area contributed by atoms with Gasteiger partial charge >= 0.3 is 5.97 Å². The summed E-state index contributed by atoms with van der Waals surface area (Å²) in [6, 6.07) is 20.5. The third-order valence-corrected chi connectivity index (χ3v) is 5.84. The van der Waals surface area contributed by atoms with Crippen LogP contribution in [0, 0.1) is 0 Å². The molecule has 0 aliphatic heterocycles. The summed E-state index contributed by atoms with van der Waals surface area (Å²) in [7, 11) is 0. The molecule has 0 radical (unpaired) electrons. The van der Waals surface area contributed by atoms with Gasteiger partial charge in [0.1, 0.15) is 23.5 Å². The van der Waals surface area contributed by atoms with Gasteiger partial charge in [0.15, 0.2) is 0 Å². The number of hydrogen-bond acceptors (Lipinski definition) is 6. The van der Waals surface area contributed by atoms with Crippen LogP contribution in [0.5, 0.6) is 5.75 Å². The summed E-state index contributed by atoms with van der Waals surface area (Å²) < 4.78 is 10.8. The molecule has 1 atom stereocenters. The zero-order chi connectivity index (χ0) is 24.5. The van der Waals surface area contributed by atoms with Crippen molar-refractivity contribution in [1.82, 2.24) is 15.0 Å². The number of fused-ring (bicyclic) bond motifs is 1. The minimum Gasteiger partial charge on any atom is -0.494 e. The molecule has 2 heterocycles. The summed E-state index contributed by atoms with van der Waals surface area (Å²) in [6.45, 7) is 5.01. The maximum atomic E-state index is 11.4. The van der Waals surface area contributed by atoms with Crippen LogP contribution >= 0.6 is 0 Å². The number of ether oxygens (including phenoxy) is 2. The van der Waals surface area contributed by atoms with Crippen molar-refractivity contribution >= 4 is 22.8 Å². The minimum atomic E-state index is -0.124. The van der Waals surface area contributed by atoms with Gasteiger partial charge in [0.05, 0.1) is 18.6 Å². The highest BCUT2D eigenvalue weighted by Gasteiger charge is 2.12. The summed E-state index contributed by atoms with van der Waals surface area (Å²) in [5.74, 6) is 1.51. The maximum Gasteiger partial charge on any atom is 0.305 e. The number of nitrogens with one attached hydrogen (secondary N) is 2. The molecule has 2 N–H and O–H groups in total. The Morgan fingerprint density at radius 1 is 1.03 bits per heavy atom. The maximum absolute atomic E-state index is 11.4. The number of unbranched alkanes of at least 4 members (excludes halogenated alkanes) is 2. The van der Waals surface area contributed by atoms with Crippen molar-refractivity contribution in [1.29, 1.82) is 0 Å². The van der Waals surface area contributed by atoms with E-state index in [0.717, 1.165) is 53.1 Å². The van der Waals surface area contributed by atoms with Crippen LogP contribution in [0.15, 0.2) is 67.0 Å². The molecule has 7 nitrogen and oxygen atoms in total. The van der Waals surface area contributed by atoms with Crippen molar-refractivity contribution in [2.24, 2.45) is 0 Å². The Balaban J connectivity index is 1.34. The van der Waals surface area contributed by atoms with Crippen molar-refractivity contribution < 1.29 is 14.3 Å². The highest BCUT2D eigenvalue weighted by atomic mass is 16.5. The zero-order valence-electron chi connectivity index (χ0n) is 20.3. The van der Waals surface area contributed by atoms with Gasteiger partial charge in [0.2, 0.25) is 0 Å². The molecule has 35 heavy (non-hydrogen) atoms. The van der Waals surface area contributed by atoms with Crippen molar-refractivity contribution in [3.8, 4) is 17.0 Å². The molecular formula is C28H32N4O3. The summed E-state index contributed by atoms with van der Waals surface area (Å²) in [5.41, 5.74) is 4.01. The third-order valence-electron chi connectivity index (χ3n) is 5.84. The lowest BCUT2D eigenvalue weighted by atomic mass is 10.1. The first kappa shape index (κ1) is 24.3. The molecule has 0 unspecified atom stereocenters. The van der Waals surface area contributed by atoms with Gasteiger partial charge in [0.25, 0.3) is 0 Å². The van der Waals surface area contributed by atoms with E-state index in [0.29, 0.717) is 19.6 Å². The number of carbonyl (C=O) groups is 1. The van der Waals surface area contributed by atoms with E-state index in [2.05, 4.69) is 45.4 Å². The van der Waals surface area contributed by atoms with Crippen molar-refractivity contribution in [3.63, 3.8) is 0 Å². The predicted octanol–water partition coefficient (Wildman–Crippen LogP) is 6.30. The standard InChI is InChI=1S/C28H32N4O3/c1-3-34-26(33)12-8-5-9-17-35-23-15-13-22(14-16-23)25-18-24-27(29-19-30-28(24)32-25)31-20(2)21-10-6-4-7-11-21/h4,6-7,10-11,13-16,18-20H,3,5,8-9,12,17H2,1-2H3,(H2,29,30,31,32)/t20-/m1/s1. The number of hydrogen-bond donors (Lipinski definition) is 2. The van der Waals surface area contributed by atoms with E-state index in [4.69, 9.17) is 9.47 Å². The average molecular weight is 473 g/mol. The molecular weight excluding hydrogens is 440 g/mol. The van der Waals surface area contributed by atoms with Gasteiger partial charge in [-0.15, -0.1) is 0 Å². The lowest BCUT2D eigenvalue weighted by Gasteiger charge is -2.15. The molecule has 7 heteroatoms. The van der Waals surface area contributed by atoms with Gasteiger partial charge in [-0.3, -0.25) is 4.79 Å². The number of H-pyrrole nitrogens is 1. The summed E-state index contributed by atoms with van der Waals surface area (Å²) in [6.07, 6.45) is 4.71. The SMILES string of the molecule is CCOC(=O)CCCCCOc1ccc(-c2cc3c(N[C@H](C)c4ccccc4)ncnc3[nH]2)cc1. The molecule has 0 spiro atoms. The van der Waals surface area contributed by atoms with Gasteiger partial charge in [-0.2, -0.15) is 0 Å². The van der Waals surface area contributed by atoms with Crippen LogP contribution in [0.25, 0.3) is 22.3 Å². The minimum absolute atomic E-state index is 0.120. The van der Waals surface area contributed by atoms with Crippen LogP contribution < -0.4 is 10.1 Å². The van der Waals surface area contributed by atoms with Crippen LogP contribution in [0.2, 0.25) is 0 Å². The summed E-state index contributed by atoms with van der Waals surface area (Å²) >= 11 is 0. The van der Waals surface area contributed by atoms with E-state index in [9.17, 15) is 4.79 Å². The second-order valence-electron chi connectivity index (χ2n) is 8.43. The Kier molecular flexibility index (Phi) is 8.33. The number of benzene rings is 2. The fourth-order valence-electron chi connectivity index (χ4n) is 3.94. The Morgan fingerprint density at radius 3 is 2.60 bits per heavy atom. The summed E-state index contributed by atoms with van der Waals surface area (Å²) in [5, 5.41) is 4.46. The first-order valence-corrected chi connectivity index (χ1v) is 12.2. The van der Waals surface area contributed by atoms with Gasteiger partial charge in [-0.05, 0) is 74.6 Å².